The summed E-state index contributed by atoms with van der Waals surface area (Å²) in [6, 6.07) is 2.08. The fourth-order valence-corrected chi connectivity index (χ4v) is 1.98. The highest BCUT2D eigenvalue weighted by atomic mass is 32.2. The molecule has 0 fully saturated rings. The lowest BCUT2D eigenvalue weighted by molar-refractivity contribution is 0.0526. The Balaban J connectivity index is 3.39. The van der Waals surface area contributed by atoms with E-state index >= 15 is 0 Å². The van der Waals surface area contributed by atoms with Gasteiger partial charge in [0, 0.05) is 0 Å². The molecule has 0 aliphatic carbocycles. The summed E-state index contributed by atoms with van der Waals surface area (Å²) in [5, 5.41) is 4.85. The number of carbonyl (C=O) groups excluding carboxylic acids is 1. The van der Waals surface area contributed by atoms with Crippen molar-refractivity contribution < 1.29 is 22.3 Å². The average Bonchev–Trinajstić information content (AvgIpc) is 2.20. The Morgan fingerprint density at radius 2 is 2.06 bits per heavy atom. The van der Waals surface area contributed by atoms with Crippen LogP contribution >= 0.6 is 0 Å². The molecule has 0 aliphatic rings. The van der Waals surface area contributed by atoms with Gasteiger partial charge in [-0.3, -0.25) is 0 Å². The lowest BCUT2D eigenvalue weighted by atomic mass is 10.1. The van der Waals surface area contributed by atoms with E-state index in [-0.39, 0.29) is 17.7 Å². The Morgan fingerprint density at radius 3 is 2.53 bits per heavy atom. The topological polar surface area (TPSA) is 86.5 Å². The molecular formula is C10H12FNO4S. The van der Waals surface area contributed by atoms with E-state index < -0.39 is 26.7 Å². The van der Waals surface area contributed by atoms with E-state index in [1.165, 1.54) is 13.0 Å². The molecule has 0 spiro atoms. The number of esters is 1. The van der Waals surface area contributed by atoms with E-state index in [2.05, 4.69) is 0 Å². The van der Waals surface area contributed by atoms with E-state index in [0.29, 0.717) is 0 Å². The highest BCUT2D eigenvalue weighted by molar-refractivity contribution is 7.89. The highest BCUT2D eigenvalue weighted by Crippen LogP contribution is 2.19. The molecule has 5 nitrogen and oxygen atoms in total. The number of primary sulfonamides is 1. The zero-order chi connectivity index (χ0) is 13.2. The Hall–Kier alpha value is -1.47. The van der Waals surface area contributed by atoms with Crippen molar-refractivity contribution >= 4 is 16.0 Å². The summed E-state index contributed by atoms with van der Waals surface area (Å²) >= 11 is 0. The first-order valence-corrected chi connectivity index (χ1v) is 6.32. The average molecular weight is 261 g/mol. The number of halogens is 1. The number of aryl methyl sites for hydroxylation is 1. The zero-order valence-electron chi connectivity index (χ0n) is 9.36. The monoisotopic (exact) mass is 261 g/mol. The van der Waals surface area contributed by atoms with E-state index in [1.54, 1.807) is 6.92 Å². The predicted octanol–water partition coefficient (Wildman–Crippen LogP) is 0.958. The zero-order valence-corrected chi connectivity index (χ0v) is 10.2. The van der Waals surface area contributed by atoms with Gasteiger partial charge in [-0.2, -0.15) is 0 Å². The normalized spacial score (nSPS) is 11.3. The SMILES string of the molecule is CCOC(=O)c1cc(C)c(F)c(S(N)(=O)=O)c1. The largest absolute Gasteiger partial charge is 0.462 e. The number of benzene rings is 1. The Labute approximate surface area is 98.4 Å². The first kappa shape index (κ1) is 13.6. The number of hydrogen-bond donors (Lipinski definition) is 1. The van der Waals surface area contributed by atoms with Crippen LogP contribution in [0, 0.1) is 12.7 Å². The molecular weight excluding hydrogens is 249 g/mol. The van der Waals surface area contributed by atoms with Gasteiger partial charge < -0.3 is 4.74 Å². The van der Waals surface area contributed by atoms with Gasteiger partial charge >= 0.3 is 5.97 Å². The first-order chi connectivity index (χ1) is 7.77. The molecule has 0 amide bonds. The van der Waals surface area contributed by atoms with Gasteiger partial charge in [-0.1, -0.05) is 0 Å². The second-order valence-electron chi connectivity index (χ2n) is 3.37. The minimum Gasteiger partial charge on any atom is -0.462 e. The summed E-state index contributed by atoms with van der Waals surface area (Å²) in [5.74, 6) is -1.68. The summed E-state index contributed by atoms with van der Waals surface area (Å²) in [5.41, 5.74) is -0.0330. The maximum absolute atomic E-state index is 13.5. The number of sulfonamides is 1. The van der Waals surface area contributed by atoms with E-state index in [1.807, 2.05) is 0 Å². The standard InChI is InChI=1S/C10H12FNO4S/c1-3-16-10(13)7-4-6(2)9(11)8(5-7)17(12,14)15/h4-5H,3H2,1-2H3,(H2,12,14,15). The molecule has 94 valence electrons. The number of hydrogen-bond acceptors (Lipinski definition) is 4. The second kappa shape index (κ2) is 4.80. The summed E-state index contributed by atoms with van der Waals surface area (Å²) in [4.78, 5) is 10.7. The van der Waals surface area contributed by atoms with Gasteiger partial charge in [-0.25, -0.2) is 22.7 Å². The van der Waals surface area contributed by atoms with Crippen LogP contribution in [-0.4, -0.2) is 21.0 Å². The first-order valence-electron chi connectivity index (χ1n) is 4.77. The molecule has 1 aromatic carbocycles. The van der Waals surface area contributed by atoms with Crippen molar-refractivity contribution in [2.45, 2.75) is 18.7 Å². The molecule has 0 bridgehead atoms. The molecule has 0 aromatic heterocycles. The molecule has 2 N–H and O–H groups in total. The summed E-state index contributed by atoms with van der Waals surface area (Å²) in [6.07, 6.45) is 0. The number of nitrogens with two attached hydrogens (primary N) is 1. The number of rotatable bonds is 3. The molecule has 0 saturated carbocycles. The summed E-state index contributed by atoms with van der Waals surface area (Å²) < 4.78 is 40.5. The van der Waals surface area contributed by atoms with Crippen LogP contribution in [0.25, 0.3) is 0 Å². The smallest absolute Gasteiger partial charge is 0.338 e. The minimum atomic E-state index is -4.21. The van der Waals surface area contributed by atoms with Gasteiger partial charge in [0.2, 0.25) is 10.0 Å². The maximum atomic E-state index is 13.5. The molecule has 0 saturated heterocycles. The van der Waals surface area contributed by atoms with Crippen molar-refractivity contribution in [3.63, 3.8) is 0 Å². The third kappa shape index (κ3) is 3.01. The molecule has 17 heavy (non-hydrogen) atoms. The lowest BCUT2D eigenvalue weighted by Crippen LogP contribution is -2.16. The van der Waals surface area contributed by atoms with Crippen molar-refractivity contribution in [2.75, 3.05) is 6.61 Å². The Bertz CT molecular complexity index is 554. The summed E-state index contributed by atoms with van der Waals surface area (Å²) in [6.45, 7) is 3.08. The van der Waals surface area contributed by atoms with Crippen molar-refractivity contribution in [3.05, 3.63) is 29.1 Å². The molecule has 0 aliphatic heterocycles. The van der Waals surface area contributed by atoms with Crippen LogP contribution in [0.3, 0.4) is 0 Å². The Morgan fingerprint density at radius 1 is 1.47 bits per heavy atom. The van der Waals surface area contributed by atoms with E-state index in [9.17, 15) is 17.6 Å². The van der Waals surface area contributed by atoms with Crippen LogP contribution in [-0.2, 0) is 14.8 Å². The van der Waals surface area contributed by atoms with Crippen LogP contribution < -0.4 is 5.14 Å². The van der Waals surface area contributed by atoms with Crippen LogP contribution in [0.15, 0.2) is 17.0 Å². The Kier molecular flexibility index (Phi) is 3.84. The third-order valence-corrected chi connectivity index (χ3v) is 2.95. The molecule has 1 aromatic rings. The molecule has 0 heterocycles. The lowest BCUT2D eigenvalue weighted by Gasteiger charge is -2.07. The quantitative estimate of drug-likeness (QED) is 0.821. The summed E-state index contributed by atoms with van der Waals surface area (Å²) in [7, 11) is -4.21. The van der Waals surface area contributed by atoms with Crippen molar-refractivity contribution in [3.8, 4) is 0 Å². The van der Waals surface area contributed by atoms with Gasteiger partial charge in [0.1, 0.15) is 10.7 Å². The molecule has 0 radical (unpaired) electrons. The molecule has 1 rings (SSSR count). The highest BCUT2D eigenvalue weighted by Gasteiger charge is 2.20. The predicted molar refractivity (Wildman–Crippen MR) is 58.5 cm³/mol. The number of ether oxygens (including phenoxy) is 1. The van der Waals surface area contributed by atoms with Crippen LogP contribution in [0.5, 0.6) is 0 Å². The fraction of sp³-hybridized carbons (Fsp3) is 0.300. The van der Waals surface area contributed by atoms with Crippen molar-refractivity contribution in [2.24, 2.45) is 5.14 Å². The second-order valence-corrected chi connectivity index (χ2v) is 4.90. The number of carbonyl (C=O) groups is 1. The van der Waals surface area contributed by atoms with Gasteiger partial charge in [0.05, 0.1) is 12.2 Å². The van der Waals surface area contributed by atoms with Crippen LogP contribution in [0.4, 0.5) is 4.39 Å². The molecule has 0 unspecified atom stereocenters. The molecule has 7 heteroatoms. The van der Waals surface area contributed by atoms with Crippen molar-refractivity contribution in [1.29, 1.82) is 0 Å². The van der Waals surface area contributed by atoms with Gasteiger partial charge in [0.15, 0.2) is 0 Å². The van der Waals surface area contributed by atoms with Gasteiger partial charge in [-0.05, 0) is 31.5 Å². The fourth-order valence-electron chi connectivity index (χ4n) is 1.28. The van der Waals surface area contributed by atoms with E-state index in [4.69, 9.17) is 9.88 Å². The van der Waals surface area contributed by atoms with Crippen LogP contribution in [0.1, 0.15) is 22.8 Å². The van der Waals surface area contributed by atoms with Crippen molar-refractivity contribution in [1.82, 2.24) is 0 Å². The van der Waals surface area contributed by atoms with Crippen LogP contribution in [0.2, 0.25) is 0 Å². The third-order valence-electron chi connectivity index (χ3n) is 2.04. The maximum Gasteiger partial charge on any atom is 0.338 e. The minimum absolute atomic E-state index is 0.0135. The van der Waals surface area contributed by atoms with E-state index in [0.717, 1.165) is 6.07 Å². The van der Waals surface area contributed by atoms with Gasteiger partial charge in [-0.15, -0.1) is 0 Å². The van der Waals surface area contributed by atoms with Gasteiger partial charge in [0.25, 0.3) is 0 Å². The molecule has 0 atom stereocenters.